The Bertz CT molecular complexity index is 1110. The second-order valence-corrected chi connectivity index (χ2v) is 7.28. The number of carbonyl (C=O) groups is 2. The topological polar surface area (TPSA) is 116 Å². The van der Waals surface area contributed by atoms with Gasteiger partial charge in [0.2, 0.25) is 0 Å². The van der Waals surface area contributed by atoms with Crippen LogP contribution < -0.4 is 15.6 Å². The Balaban J connectivity index is 1.57. The summed E-state index contributed by atoms with van der Waals surface area (Å²) in [5, 5.41) is 4.29. The Morgan fingerprint density at radius 2 is 1.97 bits per heavy atom. The molecule has 29 heavy (non-hydrogen) atoms. The molecule has 0 atom stereocenters. The predicted octanol–water partition coefficient (Wildman–Crippen LogP) is 1.03. The molecule has 10 nitrogen and oxygen atoms in total. The van der Waals surface area contributed by atoms with Crippen molar-refractivity contribution in [2.45, 2.75) is 32.4 Å². The van der Waals surface area contributed by atoms with E-state index in [1.54, 1.807) is 12.1 Å². The molecular formula is C19H19N7O3. The van der Waals surface area contributed by atoms with E-state index in [2.05, 4.69) is 20.9 Å². The normalized spacial score (nSPS) is 16.1. The van der Waals surface area contributed by atoms with Crippen molar-refractivity contribution in [1.29, 1.82) is 0 Å². The van der Waals surface area contributed by atoms with Crippen LogP contribution in [0.4, 0.5) is 0 Å². The van der Waals surface area contributed by atoms with Gasteiger partial charge in [-0.2, -0.15) is 5.10 Å². The number of hydrazine groups is 1. The van der Waals surface area contributed by atoms with Gasteiger partial charge in [0.05, 0.1) is 12.1 Å². The van der Waals surface area contributed by atoms with Crippen molar-refractivity contribution in [1.82, 2.24) is 35.2 Å². The lowest BCUT2D eigenvalue weighted by molar-refractivity contribution is -0.124. The summed E-state index contributed by atoms with van der Waals surface area (Å²) in [6, 6.07) is 5.50. The van der Waals surface area contributed by atoms with Crippen molar-refractivity contribution < 1.29 is 14.3 Å². The van der Waals surface area contributed by atoms with Crippen LogP contribution in [-0.4, -0.2) is 42.7 Å². The number of hydrogen-bond acceptors (Lipinski definition) is 6. The van der Waals surface area contributed by atoms with Crippen LogP contribution in [0, 0.1) is 0 Å². The molecule has 3 aromatic rings. The summed E-state index contributed by atoms with van der Waals surface area (Å²) in [6.07, 6.45) is 3.48. The molecule has 10 heteroatoms. The van der Waals surface area contributed by atoms with Crippen LogP contribution in [0.5, 0.6) is 5.75 Å². The first kappa shape index (κ1) is 17.4. The molecule has 4 heterocycles. The Morgan fingerprint density at radius 1 is 1.17 bits per heavy atom. The number of imidazole rings is 1. The smallest absolute Gasteiger partial charge is 0.255 e. The van der Waals surface area contributed by atoms with Gasteiger partial charge in [0.25, 0.3) is 11.8 Å². The number of nitrogens with zero attached hydrogens (tertiary/aromatic N) is 5. The number of carbonyl (C=O) groups excluding carboxylic acids is 2. The highest BCUT2D eigenvalue weighted by molar-refractivity contribution is 6.10. The molecule has 0 bridgehead atoms. The number of aromatic nitrogens is 5. The number of amides is 2. The van der Waals surface area contributed by atoms with Crippen LogP contribution in [-0.2, 0) is 16.1 Å². The summed E-state index contributed by atoms with van der Waals surface area (Å²) in [5.74, 6) is 0.417. The molecule has 5 rings (SSSR count). The largest absolute Gasteiger partial charge is 0.491 e. The van der Waals surface area contributed by atoms with Gasteiger partial charge in [-0.1, -0.05) is 6.07 Å². The highest BCUT2D eigenvalue weighted by atomic mass is 16.5. The van der Waals surface area contributed by atoms with E-state index in [1.165, 1.54) is 6.33 Å². The van der Waals surface area contributed by atoms with Crippen molar-refractivity contribution in [3.05, 3.63) is 36.3 Å². The van der Waals surface area contributed by atoms with Gasteiger partial charge in [0, 0.05) is 12.2 Å². The third-order valence-electron chi connectivity index (χ3n) is 5.07. The summed E-state index contributed by atoms with van der Waals surface area (Å²) in [5.41, 5.74) is 6.81. The Hall–Kier alpha value is -3.69. The zero-order valence-corrected chi connectivity index (χ0v) is 15.9. The van der Waals surface area contributed by atoms with E-state index in [1.807, 2.05) is 35.4 Å². The van der Waals surface area contributed by atoms with E-state index in [9.17, 15) is 9.59 Å². The minimum atomic E-state index is -0.882. The molecule has 1 saturated heterocycles. The van der Waals surface area contributed by atoms with Crippen molar-refractivity contribution in [3.8, 4) is 28.7 Å². The Morgan fingerprint density at radius 3 is 2.72 bits per heavy atom. The number of hydrogen-bond donors (Lipinski definition) is 2. The zero-order chi connectivity index (χ0) is 20.1. The lowest BCUT2D eigenvalue weighted by Gasteiger charge is -2.11. The molecule has 0 radical (unpaired) electrons. The average molecular weight is 393 g/mol. The van der Waals surface area contributed by atoms with E-state index >= 15 is 0 Å². The molecule has 1 aromatic carbocycles. The molecule has 2 N–H and O–H groups in total. The summed E-state index contributed by atoms with van der Waals surface area (Å²) < 4.78 is 9.75. The summed E-state index contributed by atoms with van der Waals surface area (Å²) in [6.45, 7) is 5.14. The van der Waals surface area contributed by atoms with Gasteiger partial charge in [-0.05, 0) is 31.5 Å². The standard InChI is InChI=1S/C19H19N7O3/c1-10(2)26-17(20-9-21-26)13-8-25-5-6-29-14-7-11(3-4-12(14)16(25)22-13)15-18(27)23-24-19(15)28/h3-4,7-10,15H,5-6H2,1-2H3,(H,23,27)(H,24,28). The number of nitrogens with one attached hydrogen (secondary N) is 2. The van der Waals surface area contributed by atoms with Gasteiger partial charge in [-0.25, -0.2) is 14.6 Å². The predicted molar refractivity (Wildman–Crippen MR) is 102 cm³/mol. The van der Waals surface area contributed by atoms with Crippen molar-refractivity contribution >= 4 is 11.8 Å². The number of ether oxygens (including phenoxy) is 1. The first-order chi connectivity index (χ1) is 14.0. The molecule has 0 aliphatic carbocycles. The number of fused-ring (bicyclic) bond motifs is 3. The van der Waals surface area contributed by atoms with Gasteiger partial charge in [0.15, 0.2) is 5.82 Å². The molecule has 2 amide bonds. The van der Waals surface area contributed by atoms with Crippen molar-refractivity contribution in [3.63, 3.8) is 0 Å². The summed E-state index contributed by atoms with van der Waals surface area (Å²) in [7, 11) is 0. The second kappa shape index (κ2) is 6.43. The molecule has 0 saturated carbocycles. The van der Waals surface area contributed by atoms with Crippen LogP contribution in [0.15, 0.2) is 30.7 Å². The molecule has 148 valence electrons. The van der Waals surface area contributed by atoms with Gasteiger partial charge in [-0.15, -0.1) is 0 Å². The van der Waals surface area contributed by atoms with E-state index in [4.69, 9.17) is 9.72 Å². The minimum Gasteiger partial charge on any atom is -0.491 e. The third-order valence-corrected chi connectivity index (χ3v) is 5.07. The first-order valence-corrected chi connectivity index (χ1v) is 9.37. The molecule has 2 aliphatic rings. The summed E-state index contributed by atoms with van der Waals surface area (Å²) in [4.78, 5) is 33.1. The third kappa shape index (κ3) is 2.75. The second-order valence-electron chi connectivity index (χ2n) is 7.28. The van der Waals surface area contributed by atoms with Gasteiger partial charge in [0.1, 0.15) is 36.1 Å². The Kier molecular flexibility index (Phi) is 3.86. The maximum atomic E-state index is 12.0. The van der Waals surface area contributed by atoms with Crippen LogP contribution in [0.3, 0.4) is 0 Å². The SMILES string of the molecule is CC(C)n1ncnc1-c1cn2c(n1)-c1ccc(C3C(=O)NNC3=O)cc1OCC2. The van der Waals surface area contributed by atoms with Crippen LogP contribution in [0.2, 0.25) is 0 Å². The van der Waals surface area contributed by atoms with Crippen LogP contribution in [0.25, 0.3) is 22.9 Å². The first-order valence-electron chi connectivity index (χ1n) is 9.37. The Labute approximate surface area is 165 Å². The van der Waals surface area contributed by atoms with Crippen molar-refractivity contribution in [2.24, 2.45) is 0 Å². The molecular weight excluding hydrogens is 374 g/mol. The fourth-order valence-corrected chi connectivity index (χ4v) is 3.69. The van der Waals surface area contributed by atoms with Gasteiger partial charge < -0.3 is 9.30 Å². The molecule has 1 fully saturated rings. The van der Waals surface area contributed by atoms with Crippen LogP contribution in [0.1, 0.15) is 31.4 Å². The maximum absolute atomic E-state index is 12.0. The van der Waals surface area contributed by atoms with Crippen molar-refractivity contribution in [2.75, 3.05) is 6.61 Å². The maximum Gasteiger partial charge on any atom is 0.255 e. The van der Waals surface area contributed by atoms with Gasteiger partial charge in [-0.3, -0.25) is 20.4 Å². The molecule has 2 aliphatic heterocycles. The molecule has 0 unspecified atom stereocenters. The fraction of sp³-hybridized carbons (Fsp3) is 0.316. The number of rotatable bonds is 3. The van der Waals surface area contributed by atoms with Crippen LogP contribution >= 0.6 is 0 Å². The average Bonchev–Trinajstić information content (AvgIpc) is 3.39. The minimum absolute atomic E-state index is 0.163. The molecule has 2 aromatic heterocycles. The highest BCUT2D eigenvalue weighted by Gasteiger charge is 2.35. The zero-order valence-electron chi connectivity index (χ0n) is 15.9. The lowest BCUT2D eigenvalue weighted by atomic mass is 9.97. The van der Waals surface area contributed by atoms with Gasteiger partial charge >= 0.3 is 0 Å². The van der Waals surface area contributed by atoms with E-state index in [0.717, 1.165) is 17.1 Å². The number of benzene rings is 1. The highest BCUT2D eigenvalue weighted by Crippen LogP contribution is 2.36. The fourth-order valence-electron chi connectivity index (χ4n) is 3.69. The van der Waals surface area contributed by atoms with E-state index in [-0.39, 0.29) is 17.9 Å². The molecule has 0 spiro atoms. The quantitative estimate of drug-likeness (QED) is 0.642. The van der Waals surface area contributed by atoms with E-state index < -0.39 is 5.92 Å². The monoisotopic (exact) mass is 393 g/mol. The van der Waals surface area contributed by atoms with E-state index in [0.29, 0.717) is 30.3 Å². The summed E-state index contributed by atoms with van der Waals surface area (Å²) >= 11 is 0. The lowest BCUT2D eigenvalue weighted by Crippen LogP contribution is -2.28.